The molecule has 3 rings (SSSR count). The summed E-state index contributed by atoms with van der Waals surface area (Å²) in [5.74, 6) is -0.310. The van der Waals surface area contributed by atoms with Crippen LogP contribution in [-0.4, -0.2) is 17.1 Å². The van der Waals surface area contributed by atoms with Gasteiger partial charge in [-0.25, -0.2) is 0 Å². The molecule has 0 fully saturated rings. The van der Waals surface area contributed by atoms with Crippen LogP contribution in [0.2, 0.25) is 0 Å². The molecule has 0 aliphatic heterocycles. The Bertz CT molecular complexity index is 894. The molecule has 0 aliphatic rings. The molecule has 0 amide bonds. The Hall–Kier alpha value is -2.12. The van der Waals surface area contributed by atoms with Gasteiger partial charge in [0.25, 0.3) is 0 Å². The summed E-state index contributed by atoms with van der Waals surface area (Å²) in [5.41, 5.74) is 3.30. The number of hydrogen-bond acceptors (Lipinski definition) is 5. The van der Waals surface area contributed by atoms with Gasteiger partial charge in [-0.3, -0.25) is 4.79 Å². The standard InChI is InChI=1S/C22H23NO3S2/c1-3-26-22(24)14-20(23-28(25)19-11-9-16(2)10-12-19)21-13-18(15-27-21)17-7-5-4-6-8-17/h4-13,15,20,23H,3,14H2,1-2H3/t20?,28-/m1/s1. The van der Waals surface area contributed by atoms with Crippen molar-refractivity contribution in [2.75, 3.05) is 6.61 Å². The quantitative estimate of drug-likeness (QED) is 0.416. The number of nitrogens with one attached hydrogen (secondary N) is 1. The average Bonchev–Trinajstić information content (AvgIpc) is 3.19. The molecule has 2 aromatic carbocycles. The monoisotopic (exact) mass is 413 g/mol. The SMILES string of the molecule is CCOC(=O)CC(N[S@+]([O-])c1ccc(C)cc1)c1cc(-c2ccccc2)cs1. The van der Waals surface area contributed by atoms with Gasteiger partial charge in [-0.1, -0.05) is 48.0 Å². The Morgan fingerprint density at radius 2 is 1.86 bits per heavy atom. The summed E-state index contributed by atoms with van der Waals surface area (Å²) in [6.07, 6.45) is 0.125. The zero-order chi connectivity index (χ0) is 19.9. The first-order valence-electron chi connectivity index (χ1n) is 9.11. The van der Waals surface area contributed by atoms with E-state index >= 15 is 0 Å². The Kier molecular flexibility index (Phi) is 7.28. The second kappa shape index (κ2) is 9.89. The molecule has 0 spiro atoms. The minimum atomic E-state index is -1.43. The van der Waals surface area contributed by atoms with Crippen molar-refractivity contribution < 1.29 is 14.1 Å². The Morgan fingerprint density at radius 3 is 2.54 bits per heavy atom. The number of carbonyl (C=O) groups is 1. The Morgan fingerprint density at radius 1 is 1.14 bits per heavy atom. The van der Waals surface area contributed by atoms with Crippen molar-refractivity contribution in [3.05, 3.63) is 76.5 Å². The van der Waals surface area contributed by atoms with Gasteiger partial charge in [0.05, 0.1) is 30.4 Å². The first kappa shape index (κ1) is 20.6. The zero-order valence-electron chi connectivity index (χ0n) is 15.9. The average molecular weight is 414 g/mol. The maximum absolute atomic E-state index is 12.8. The highest BCUT2D eigenvalue weighted by molar-refractivity contribution is 7.89. The van der Waals surface area contributed by atoms with Crippen LogP contribution in [0.15, 0.2) is 70.9 Å². The van der Waals surface area contributed by atoms with Gasteiger partial charge in [0.2, 0.25) is 0 Å². The van der Waals surface area contributed by atoms with Crippen LogP contribution in [0.5, 0.6) is 0 Å². The van der Waals surface area contributed by atoms with Crippen molar-refractivity contribution in [3.63, 3.8) is 0 Å². The molecule has 1 aromatic heterocycles. The molecule has 3 aromatic rings. The van der Waals surface area contributed by atoms with Gasteiger partial charge in [0.1, 0.15) is 0 Å². The first-order chi connectivity index (χ1) is 13.6. The van der Waals surface area contributed by atoms with E-state index in [1.54, 1.807) is 18.3 Å². The van der Waals surface area contributed by atoms with E-state index in [1.807, 2.05) is 67.6 Å². The Balaban J connectivity index is 1.81. The highest BCUT2D eigenvalue weighted by Crippen LogP contribution is 2.32. The van der Waals surface area contributed by atoms with Crippen LogP contribution in [0.25, 0.3) is 11.1 Å². The fourth-order valence-corrected chi connectivity index (χ4v) is 4.79. The number of thiophene rings is 1. The van der Waals surface area contributed by atoms with E-state index in [9.17, 15) is 9.35 Å². The van der Waals surface area contributed by atoms with Gasteiger partial charge >= 0.3 is 5.97 Å². The van der Waals surface area contributed by atoms with E-state index in [0.717, 1.165) is 21.6 Å². The number of ether oxygens (including phenoxy) is 1. The molecular weight excluding hydrogens is 390 g/mol. The molecule has 4 nitrogen and oxygen atoms in total. The topological polar surface area (TPSA) is 61.4 Å². The van der Waals surface area contributed by atoms with E-state index in [-0.39, 0.29) is 18.4 Å². The number of benzene rings is 2. The molecule has 1 unspecified atom stereocenters. The van der Waals surface area contributed by atoms with Crippen molar-refractivity contribution in [3.8, 4) is 11.1 Å². The maximum atomic E-state index is 12.8. The third kappa shape index (κ3) is 5.45. The van der Waals surface area contributed by atoms with Gasteiger partial charge in [-0.2, -0.15) is 0 Å². The van der Waals surface area contributed by atoms with Gasteiger partial charge in [-0.05, 0) is 48.6 Å². The molecule has 0 aliphatic carbocycles. The molecule has 146 valence electrons. The second-order valence-electron chi connectivity index (χ2n) is 6.37. The van der Waals surface area contributed by atoms with Crippen LogP contribution >= 0.6 is 11.3 Å². The van der Waals surface area contributed by atoms with Crippen LogP contribution in [0.1, 0.15) is 29.8 Å². The predicted molar refractivity (Wildman–Crippen MR) is 114 cm³/mol. The number of carbonyl (C=O) groups excluding carboxylic acids is 1. The molecule has 1 N–H and O–H groups in total. The van der Waals surface area contributed by atoms with E-state index in [2.05, 4.69) is 10.1 Å². The lowest BCUT2D eigenvalue weighted by Gasteiger charge is -2.18. The van der Waals surface area contributed by atoms with Crippen LogP contribution in [-0.2, 0) is 20.9 Å². The van der Waals surface area contributed by atoms with E-state index < -0.39 is 11.4 Å². The van der Waals surface area contributed by atoms with Crippen molar-refractivity contribution in [1.82, 2.24) is 4.72 Å². The van der Waals surface area contributed by atoms with Gasteiger partial charge < -0.3 is 9.29 Å². The molecule has 0 saturated heterocycles. The van der Waals surface area contributed by atoms with Gasteiger partial charge in [-0.15, -0.1) is 16.1 Å². The lowest BCUT2D eigenvalue weighted by atomic mass is 10.1. The smallest absolute Gasteiger partial charge is 0.307 e. The minimum Gasteiger partial charge on any atom is -0.593 e. The molecular formula is C22H23NO3S2. The molecule has 0 radical (unpaired) electrons. The van der Waals surface area contributed by atoms with Crippen molar-refractivity contribution in [1.29, 1.82) is 0 Å². The van der Waals surface area contributed by atoms with E-state index in [1.165, 1.54) is 0 Å². The number of aryl methyl sites for hydroxylation is 1. The van der Waals surface area contributed by atoms with Crippen LogP contribution in [0.4, 0.5) is 0 Å². The summed E-state index contributed by atoms with van der Waals surface area (Å²) in [7, 11) is 0. The van der Waals surface area contributed by atoms with Crippen molar-refractivity contribution in [2.24, 2.45) is 0 Å². The van der Waals surface area contributed by atoms with Crippen molar-refractivity contribution >= 4 is 28.7 Å². The summed E-state index contributed by atoms with van der Waals surface area (Å²) in [4.78, 5) is 13.7. The number of hydrogen-bond donors (Lipinski definition) is 1. The predicted octanol–water partition coefficient (Wildman–Crippen LogP) is 5.03. The zero-order valence-corrected chi connectivity index (χ0v) is 17.5. The fraction of sp³-hybridized carbons (Fsp3) is 0.227. The van der Waals surface area contributed by atoms with Crippen LogP contribution < -0.4 is 4.72 Å². The molecule has 28 heavy (non-hydrogen) atoms. The highest BCUT2D eigenvalue weighted by atomic mass is 32.2. The molecule has 2 atom stereocenters. The first-order valence-corrected chi connectivity index (χ1v) is 11.1. The summed E-state index contributed by atoms with van der Waals surface area (Å²) in [6, 6.07) is 19.2. The van der Waals surface area contributed by atoms with Crippen LogP contribution in [0, 0.1) is 6.92 Å². The van der Waals surface area contributed by atoms with E-state index in [0.29, 0.717) is 11.5 Å². The largest absolute Gasteiger partial charge is 0.593 e. The molecule has 0 bridgehead atoms. The van der Waals surface area contributed by atoms with Crippen LogP contribution in [0.3, 0.4) is 0 Å². The van der Waals surface area contributed by atoms with Gasteiger partial charge in [0.15, 0.2) is 4.90 Å². The lowest BCUT2D eigenvalue weighted by molar-refractivity contribution is -0.143. The third-order valence-electron chi connectivity index (χ3n) is 4.23. The summed E-state index contributed by atoms with van der Waals surface area (Å²) in [5, 5.41) is 2.05. The lowest BCUT2D eigenvalue weighted by Crippen LogP contribution is -2.30. The van der Waals surface area contributed by atoms with Gasteiger partial charge in [0, 0.05) is 4.88 Å². The third-order valence-corrected chi connectivity index (χ3v) is 6.48. The number of rotatable bonds is 8. The molecule has 0 saturated carbocycles. The normalized spacial score (nSPS) is 13.1. The van der Waals surface area contributed by atoms with E-state index in [4.69, 9.17) is 4.74 Å². The fourth-order valence-electron chi connectivity index (χ4n) is 2.76. The summed E-state index contributed by atoms with van der Waals surface area (Å²) < 4.78 is 21.0. The summed E-state index contributed by atoms with van der Waals surface area (Å²) >= 11 is 0.119. The Labute approximate surface area is 172 Å². The highest BCUT2D eigenvalue weighted by Gasteiger charge is 2.25. The minimum absolute atomic E-state index is 0.125. The van der Waals surface area contributed by atoms with Crippen molar-refractivity contribution in [2.45, 2.75) is 31.2 Å². The molecule has 1 heterocycles. The summed E-state index contributed by atoms with van der Waals surface area (Å²) in [6.45, 7) is 4.09. The number of esters is 1. The maximum Gasteiger partial charge on any atom is 0.307 e. The molecule has 6 heteroatoms. The second-order valence-corrected chi connectivity index (χ2v) is 8.55.